The molecule has 10 heteroatoms. The molecule has 0 unspecified atom stereocenters. The van der Waals surface area contributed by atoms with Crippen molar-refractivity contribution >= 4 is 34.0 Å². The predicted octanol–water partition coefficient (Wildman–Crippen LogP) is 2.93. The zero-order valence-corrected chi connectivity index (χ0v) is 17.2. The van der Waals surface area contributed by atoms with E-state index in [1.54, 1.807) is 24.3 Å². The Hall–Kier alpha value is -4.05. The van der Waals surface area contributed by atoms with Gasteiger partial charge in [0.05, 0.1) is 24.9 Å². The Kier molecular flexibility index (Phi) is 5.72. The Morgan fingerprint density at radius 2 is 1.84 bits per heavy atom. The second-order valence-electron chi connectivity index (χ2n) is 6.43. The van der Waals surface area contributed by atoms with Gasteiger partial charge in [0.2, 0.25) is 4.96 Å². The first kappa shape index (κ1) is 20.2. The van der Waals surface area contributed by atoms with Crippen LogP contribution < -0.4 is 16.2 Å². The number of nitrogens with one attached hydrogen (secondary N) is 2. The number of carbonyl (C=O) groups is 2. The lowest BCUT2D eigenvalue weighted by molar-refractivity contribution is 0.0600. The van der Waals surface area contributed by atoms with Gasteiger partial charge >= 0.3 is 12.0 Å². The highest BCUT2D eigenvalue weighted by Crippen LogP contribution is 2.23. The maximum Gasteiger partial charge on any atom is 0.337 e. The highest BCUT2D eigenvalue weighted by molar-refractivity contribution is 7.19. The van der Waals surface area contributed by atoms with Crippen molar-refractivity contribution in [2.45, 2.75) is 6.54 Å². The number of benzene rings is 2. The van der Waals surface area contributed by atoms with Crippen molar-refractivity contribution in [3.05, 3.63) is 82.3 Å². The summed E-state index contributed by atoms with van der Waals surface area (Å²) in [6.45, 7) is 0.0659. The molecule has 2 aromatic carbocycles. The molecule has 2 amide bonds. The van der Waals surface area contributed by atoms with Gasteiger partial charge < -0.3 is 15.4 Å². The topological polar surface area (TPSA) is 115 Å². The number of urea groups is 1. The fourth-order valence-electron chi connectivity index (χ4n) is 2.80. The lowest BCUT2D eigenvalue weighted by Gasteiger charge is -2.08. The first-order valence-corrected chi connectivity index (χ1v) is 10.0. The number of amides is 2. The van der Waals surface area contributed by atoms with Crippen molar-refractivity contribution in [1.82, 2.24) is 19.9 Å². The number of hydrogen-bond acceptors (Lipinski definition) is 7. The number of anilines is 1. The van der Waals surface area contributed by atoms with E-state index >= 15 is 0 Å². The van der Waals surface area contributed by atoms with Gasteiger partial charge in [-0.05, 0) is 24.3 Å². The van der Waals surface area contributed by atoms with Gasteiger partial charge in [0, 0.05) is 17.3 Å². The van der Waals surface area contributed by atoms with Gasteiger partial charge in [-0.2, -0.15) is 9.61 Å². The number of esters is 1. The summed E-state index contributed by atoms with van der Waals surface area (Å²) in [5.74, 6) is -0.456. The molecule has 0 bridgehead atoms. The lowest BCUT2D eigenvalue weighted by Crippen LogP contribution is -2.29. The third-order valence-electron chi connectivity index (χ3n) is 4.31. The molecule has 0 radical (unpaired) electrons. The van der Waals surface area contributed by atoms with Crippen LogP contribution in [0.2, 0.25) is 0 Å². The summed E-state index contributed by atoms with van der Waals surface area (Å²) in [6, 6.07) is 16.7. The van der Waals surface area contributed by atoms with Gasteiger partial charge in [0.15, 0.2) is 0 Å². The second-order valence-corrected chi connectivity index (χ2v) is 7.39. The van der Waals surface area contributed by atoms with Gasteiger partial charge in [0.1, 0.15) is 5.01 Å². The van der Waals surface area contributed by atoms with E-state index in [1.165, 1.54) is 29.0 Å². The highest BCUT2D eigenvalue weighted by Gasteiger charge is 2.11. The molecule has 0 fully saturated rings. The monoisotopic (exact) mass is 435 g/mol. The molecule has 0 saturated carbocycles. The lowest BCUT2D eigenvalue weighted by atomic mass is 10.2. The molecule has 0 saturated heterocycles. The maximum absolute atomic E-state index is 12.4. The van der Waals surface area contributed by atoms with Gasteiger partial charge in [-0.15, -0.1) is 0 Å². The van der Waals surface area contributed by atoms with E-state index in [0.29, 0.717) is 26.9 Å². The molecule has 2 heterocycles. The number of hydrogen-bond donors (Lipinski definition) is 2. The third kappa shape index (κ3) is 4.59. The van der Waals surface area contributed by atoms with Crippen LogP contribution in [0.15, 0.2) is 65.5 Å². The average molecular weight is 435 g/mol. The van der Waals surface area contributed by atoms with Crippen LogP contribution in [0.25, 0.3) is 15.5 Å². The summed E-state index contributed by atoms with van der Waals surface area (Å²) >= 11 is 1.30. The minimum Gasteiger partial charge on any atom is -0.465 e. The zero-order chi connectivity index (χ0) is 21.8. The standard InChI is InChI=1S/C21H17N5O4S/c1-30-19(28)14-7-9-15(10-8-14)23-20(29)22-12-16-11-17(27)26-21(24-16)31-18(25-26)13-5-3-2-4-6-13/h2-11H,12H2,1H3,(H2,22,23,29). The van der Waals surface area contributed by atoms with Crippen LogP contribution in [0.1, 0.15) is 16.1 Å². The van der Waals surface area contributed by atoms with Crippen molar-refractivity contribution in [1.29, 1.82) is 0 Å². The van der Waals surface area contributed by atoms with Crippen LogP contribution >= 0.6 is 11.3 Å². The van der Waals surface area contributed by atoms with E-state index in [4.69, 9.17) is 0 Å². The Morgan fingerprint density at radius 3 is 2.55 bits per heavy atom. The number of ether oxygens (including phenoxy) is 1. The molecule has 0 aliphatic carbocycles. The molecule has 156 valence electrons. The minimum atomic E-state index is -0.470. The SMILES string of the molecule is COC(=O)c1ccc(NC(=O)NCc2cc(=O)n3nc(-c4ccccc4)sc3n2)cc1. The van der Waals surface area contributed by atoms with Crippen LogP contribution in [-0.2, 0) is 11.3 Å². The summed E-state index contributed by atoms with van der Waals surface area (Å²) < 4.78 is 5.88. The van der Waals surface area contributed by atoms with Gasteiger partial charge in [0.25, 0.3) is 5.56 Å². The van der Waals surface area contributed by atoms with Crippen molar-refractivity contribution in [2.75, 3.05) is 12.4 Å². The molecular weight excluding hydrogens is 418 g/mol. The predicted molar refractivity (Wildman–Crippen MR) is 116 cm³/mol. The summed E-state index contributed by atoms with van der Waals surface area (Å²) in [7, 11) is 1.30. The van der Waals surface area contributed by atoms with E-state index in [0.717, 1.165) is 5.56 Å². The van der Waals surface area contributed by atoms with Crippen LogP contribution in [0.5, 0.6) is 0 Å². The number of nitrogens with zero attached hydrogens (tertiary/aromatic N) is 3. The van der Waals surface area contributed by atoms with E-state index in [2.05, 4.69) is 25.5 Å². The molecule has 2 aromatic heterocycles. The van der Waals surface area contributed by atoms with Crippen LogP contribution in [0, 0.1) is 0 Å². The Labute approximate surface area is 180 Å². The van der Waals surface area contributed by atoms with Gasteiger partial charge in [-0.25, -0.2) is 14.6 Å². The molecule has 2 N–H and O–H groups in total. The van der Waals surface area contributed by atoms with E-state index in [1.807, 2.05) is 30.3 Å². The van der Waals surface area contributed by atoms with E-state index < -0.39 is 12.0 Å². The second kappa shape index (κ2) is 8.76. The third-order valence-corrected chi connectivity index (χ3v) is 5.27. The van der Waals surface area contributed by atoms with Crippen molar-refractivity contribution in [3.8, 4) is 10.6 Å². The molecule has 0 atom stereocenters. The molecule has 0 spiro atoms. The highest BCUT2D eigenvalue weighted by atomic mass is 32.1. The number of rotatable bonds is 5. The normalized spacial score (nSPS) is 10.6. The maximum atomic E-state index is 12.4. The number of aromatic nitrogens is 3. The number of carbonyl (C=O) groups excluding carboxylic acids is 2. The molecule has 4 rings (SSSR count). The van der Waals surface area contributed by atoms with Crippen LogP contribution in [0.3, 0.4) is 0 Å². The smallest absolute Gasteiger partial charge is 0.337 e. The first-order chi connectivity index (χ1) is 15.0. The molecule has 9 nitrogen and oxygen atoms in total. The van der Waals surface area contributed by atoms with E-state index in [9.17, 15) is 14.4 Å². The van der Waals surface area contributed by atoms with Crippen LogP contribution in [-0.4, -0.2) is 33.7 Å². The molecule has 4 aromatic rings. The fraction of sp³-hybridized carbons (Fsp3) is 0.0952. The Morgan fingerprint density at radius 1 is 1.10 bits per heavy atom. The van der Waals surface area contributed by atoms with Crippen molar-refractivity contribution in [2.24, 2.45) is 0 Å². The molecular formula is C21H17N5O4S. The summed E-state index contributed by atoms with van der Waals surface area (Å²) in [5.41, 5.74) is 1.88. The largest absolute Gasteiger partial charge is 0.465 e. The Balaban J connectivity index is 1.43. The first-order valence-electron chi connectivity index (χ1n) is 9.22. The van der Waals surface area contributed by atoms with Gasteiger partial charge in [-0.1, -0.05) is 41.7 Å². The number of methoxy groups -OCH3 is 1. The summed E-state index contributed by atoms with van der Waals surface area (Å²) in [5, 5.41) is 10.3. The van der Waals surface area contributed by atoms with Crippen molar-refractivity contribution < 1.29 is 14.3 Å². The number of fused-ring (bicyclic) bond motifs is 1. The minimum absolute atomic E-state index is 0.0659. The summed E-state index contributed by atoms with van der Waals surface area (Å²) in [4.78, 5) is 40.9. The zero-order valence-electron chi connectivity index (χ0n) is 16.4. The molecule has 31 heavy (non-hydrogen) atoms. The summed E-state index contributed by atoms with van der Waals surface area (Å²) in [6.07, 6.45) is 0. The van der Waals surface area contributed by atoms with Crippen molar-refractivity contribution in [3.63, 3.8) is 0 Å². The van der Waals surface area contributed by atoms with E-state index in [-0.39, 0.29) is 12.1 Å². The molecule has 0 aliphatic heterocycles. The fourth-order valence-corrected chi connectivity index (χ4v) is 3.73. The average Bonchev–Trinajstić information content (AvgIpc) is 3.23. The Bertz CT molecular complexity index is 1300. The van der Waals surface area contributed by atoms with Crippen LogP contribution in [0.4, 0.5) is 10.5 Å². The quantitative estimate of drug-likeness (QED) is 0.466. The molecule has 0 aliphatic rings. The van der Waals surface area contributed by atoms with Gasteiger partial charge in [-0.3, -0.25) is 4.79 Å².